The molecular weight excluding hydrogens is 375 g/mol. The first-order chi connectivity index (χ1) is 11.8. The van der Waals surface area contributed by atoms with Crippen molar-refractivity contribution >= 4 is 35.1 Å². The lowest BCUT2D eigenvalue weighted by molar-refractivity contribution is -0.159. The van der Waals surface area contributed by atoms with E-state index in [4.69, 9.17) is 58.2 Å². The number of carboxylic acids is 2. The minimum Gasteiger partial charge on any atom is -0.489 e. The van der Waals surface area contributed by atoms with Crippen LogP contribution < -0.4 is 15.8 Å². The summed E-state index contributed by atoms with van der Waals surface area (Å²) in [5.74, 6) is -2.99. The highest BCUT2D eigenvalue weighted by molar-refractivity contribution is 6.35. The average Bonchev–Trinajstić information content (AvgIpc) is 2.52. The van der Waals surface area contributed by atoms with Crippen LogP contribution in [0.5, 0.6) is 5.75 Å². The number of hydrogen-bond acceptors (Lipinski definition) is 6. The van der Waals surface area contributed by atoms with Gasteiger partial charge in [0.05, 0.1) is 18.2 Å². The Balaban J connectivity index is 0.000000823. The van der Waals surface area contributed by atoms with Crippen molar-refractivity contribution in [1.29, 1.82) is 0 Å². The molecule has 0 heterocycles. The van der Waals surface area contributed by atoms with Gasteiger partial charge in [-0.1, -0.05) is 23.2 Å². The van der Waals surface area contributed by atoms with E-state index in [2.05, 4.69) is 5.32 Å². The maximum atomic E-state index is 9.10. The first-order valence-electron chi connectivity index (χ1n) is 7.32. The number of ether oxygens (including phenoxy) is 2. The number of benzene rings is 1. The quantitative estimate of drug-likeness (QED) is 0.363. The van der Waals surface area contributed by atoms with Gasteiger partial charge in [0.15, 0.2) is 0 Å². The summed E-state index contributed by atoms with van der Waals surface area (Å²) in [6.45, 7) is 5.75. The Labute approximate surface area is 155 Å². The number of halogens is 2. The van der Waals surface area contributed by atoms with E-state index >= 15 is 0 Å². The van der Waals surface area contributed by atoms with E-state index in [1.807, 2.05) is 13.0 Å². The van der Waals surface area contributed by atoms with Crippen LogP contribution >= 0.6 is 23.2 Å². The van der Waals surface area contributed by atoms with E-state index in [0.29, 0.717) is 42.2 Å². The number of aryl methyl sites for hydroxylation is 1. The second-order valence-corrected chi connectivity index (χ2v) is 5.49. The van der Waals surface area contributed by atoms with Gasteiger partial charge in [-0.2, -0.15) is 0 Å². The molecule has 0 unspecified atom stereocenters. The summed E-state index contributed by atoms with van der Waals surface area (Å²) in [5.41, 5.74) is 6.27. The molecule has 1 aromatic carbocycles. The molecule has 1 rings (SSSR count). The van der Waals surface area contributed by atoms with Crippen LogP contribution in [0, 0.1) is 6.92 Å². The smallest absolute Gasteiger partial charge is 0.414 e. The lowest BCUT2D eigenvalue weighted by Gasteiger charge is -2.11. The van der Waals surface area contributed by atoms with Crippen molar-refractivity contribution in [3.8, 4) is 5.75 Å². The number of nitrogens with one attached hydrogen (secondary N) is 1. The fourth-order valence-electron chi connectivity index (χ4n) is 1.55. The molecule has 25 heavy (non-hydrogen) atoms. The van der Waals surface area contributed by atoms with E-state index in [1.54, 1.807) is 6.07 Å². The molecule has 0 saturated heterocycles. The van der Waals surface area contributed by atoms with Gasteiger partial charge >= 0.3 is 11.9 Å². The Bertz CT molecular complexity index is 522. The number of hydrogen-bond donors (Lipinski definition) is 4. The third-order valence-corrected chi connectivity index (χ3v) is 3.09. The van der Waals surface area contributed by atoms with Crippen LogP contribution in [-0.2, 0) is 14.3 Å². The second kappa shape index (κ2) is 13.7. The number of carboxylic acid groups (broad SMARTS) is 2. The summed E-state index contributed by atoms with van der Waals surface area (Å²) in [4.78, 5) is 18.2. The van der Waals surface area contributed by atoms with Crippen molar-refractivity contribution in [2.24, 2.45) is 5.73 Å². The summed E-state index contributed by atoms with van der Waals surface area (Å²) in [5, 5.41) is 19.1. The van der Waals surface area contributed by atoms with Gasteiger partial charge < -0.3 is 30.7 Å². The highest BCUT2D eigenvalue weighted by Crippen LogP contribution is 2.31. The number of aliphatic carboxylic acids is 2. The molecule has 0 aliphatic carbocycles. The molecule has 0 radical (unpaired) electrons. The molecular formula is C15H22Cl2N2O6. The Morgan fingerprint density at radius 3 is 2.28 bits per heavy atom. The van der Waals surface area contributed by atoms with Gasteiger partial charge in [0.1, 0.15) is 12.4 Å². The molecule has 1 aromatic rings. The predicted molar refractivity (Wildman–Crippen MR) is 94.7 cm³/mol. The summed E-state index contributed by atoms with van der Waals surface area (Å²) in [6.07, 6.45) is 0. The lowest BCUT2D eigenvalue weighted by atomic mass is 10.2. The minimum atomic E-state index is -1.82. The average molecular weight is 397 g/mol. The third kappa shape index (κ3) is 11.6. The molecule has 0 aliphatic rings. The van der Waals surface area contributed by atoms with E-state index in [-0.39, 0.29) is 0 Å². The molecule has 0 bridgehead atoms. The zero-order valence-electron chi connectivity index (χ0n) is 13.8. The van der Waals surface area contributed by atoms with Crippen molar-refractivity contribution in [1.82, 2.24) is 5.32 Å². The summed E-state index contributed by atoms with van der Waals surface area (Å²) >= 11 is 11.9. The normalized spacial score (nSPS) is 9.92. The third-order valence-electron chi connectivity index (χ3n) is 2.60. The molecule has 0 saturated carbocycles. The molecule has 0 aromatic heterocycles. The van der Waals surface area contributed by atoms with Crippen LogP contribution in [0.25, 0.3) is 0 Å². The van der Waals surface area contributed by atoms with Crippen LogP contribution in [0.2, 0.25) is 10.0 Å². The number of nitrogens with two attached hydrogens (primary N) is 1. The van der Waals surface area contributed by atoms with Crippen molar-refractivity contribution in [3.63, 3.8) is 0 Å². The molecule has 10 heteroatoms. The zero-order valence-corrected chi connectivity index (χ0v) is 15.3. The standard InChI is InChI=1S/C13H20Cl2N2O2.C2H2O4/c1-10-8-11(14)9-12(15)13(10)19-7-6-18-5-4-17-3-2-16;3-1(4)2(5)6/h8-9,17H,2-7,16H2,1H3;(H,3,4)(H,5,6). The largest absolute Gasteiger partial charge is 0.489 e. The van der Waals surface area contributed by atoms with Gasteiger partial charge in [0.2, 0.25) is 0 Å². The van der Waals surface area contributed by atoms with Crippen LogP contribution in [0.15, 0.2) is 12.1 Å². The Kier molecular flexibility index (Phi) is 12.8. The van der Waals surface area contributed by atoms with Crippen LogP contribution in [0.4, 0.5) is 0 Å². The highest BCUT2D eigenvalue weighted by Gasteiger charge is 2.07. The van der Waals surface area contributed by atoms with Crippen LogP contribution in [0.1, 0.15) is 5.56 Å². The summed E-state index contributed by atoms with van der Waals surface area (Å²) in [6, 6.07) is 3.49. The second-order valence-electron chi connectivity index (χ2n) is 4.64. The van der Waals surface area contributed by atoms with E-state index < -0.39 is 11.9 Å². The summed E-state index contributed by atoms with van der Waals surface area (Å²) < 4.78 is 11.0. The monoisotopic (exact) mass is 396 g/mol. The van der Waals surface area contributed by atoms with Gasteiger partial charge in [-0.05, 0) is 24.6 Å². The topological polar surface area (TPSA) is 131 Å². The fourth-order valence-corrected chi connectivity index (χ4v) is 2.20. The van der Waals surface area contributed by atoms with Crippen LogP contribution in [-0.4, -0.2) is 61.6 Å². The van der Waals surface area contributed by atoms with E-state index in [1.165, 1.54) is 0 Å². The van der Waals surface area contributed by atoms with Crippen molar-refractivity contribution < 1.29 is 29.3 Å². The predicted octanol–water partition coefficient (Wildman–Crippen LogP) is 1.40. The first kappa shape index (κ1) is 23.4. The highest BCUT2D eigenvalue weighted by atomic mass is 35.5. The SMILES string of the molecule is Cc1cc(Cl)cc(Cl)c1OCCOCCNCCN.O=C(O)C(=O)O. The van der Waals surface area contributed by atoms with Crippen molar-refractivity contribution in [3.05, 3.63) is 27.7 Å². The molecule has 0 fully saturated rings. The van der Waals surface area contributed by atoms with Crippen LogP contribution in [0.3, 0.4) is 0 Å². The molecule has 0 amide bonds. The molecule has 5 N–H and O–H groups in total. The van der Waals surface area contributed by atoms with E-state index in [0.717, 1.165) is 18.7 Å². The minimum absolute atomic E-state index is 0.457. The molecule has 0 aliphatic heterocycles. The Hall–Kier alpha value is -1.58. The van der Waals surface area contributed by atoms with Gasteiger partial charge in [-0.3, -0.25) is 0 Å². The molecule has 8 nitrogen and oxygen atoms in total. The summed E-state index contributed by atoms with van der Waals surface area (Å²) in [7, 11) is 0. The van der Waals surface area contributed by atoms with Crippen molar-refractivity contribution in [2.75, 3.05) is 39.5 Å². The zero-order chi connectivity index (χ0) is 19.2. The Morgan fingerprint density at radius 2 is 1.76 bits per heavy atom. The van der Waals surface area contributed by atoms with E-state index in [9.17, 15) is 0 Å². The maximum absolute atomic E-state index is 9.10. The molecule has 0 atom stereocenters. The van der Waals surface area contributed by atoms with Gasteiger partial charge in [-0.25, -0.2) is 9.59 Å². The lowest BCUT2D eigenvalue weighted by Crippen LogP contribution is -2.26. The fraction of sp³-hybridized carbons (Fsp3) is 0.467. The van der Waals surface area contributed by atoms with Crippen molar-refractivity contribution in [2.45, 2.75) is 6.92 Å². The molecule has 142 valence electrons. The first-order valence-corrected chi connectivity index (χ1v) is 8.08. The van der Waals surface area contributed by atoms with Gasteiger partial charge in [0.25, 0.3) is 0 Å². The number of rotatable bonds is 9. The Morgan fingerprint density at radius 1 is 1.12 bits per heavy atom. The maximum Gasteiger partial charge on any atom is 0.414 e. The van der Waals surface area contributed by atoms with Gasteiger partial charge in [0, 0.05) is 24.7 Å². The van der Waals surface area contributed by atoms with Gasteiger partial charge in [-0.15, -0.1) is 0 Å². The number of carbonyl (C=O) groups is 2. The molecule has 0 spiro atoms.